The molecule has 0 heterocycles. The molecule has 2 aromatic rings. The van der Waals surface area contributed by atoms with Crippen molar-refractivity contribution in [3.63, 3.8) is 0 Å². The van der Waals surface area contributed by atoms with E-state index in [1.165, 1.54) is 6.07 Å². The highest BCUT2D eigenvalue weighted by Gasteiger charge is 2.09. The first-order valence-electron chi connectivity index (χ1n) is 5.41. The maximum atomic E-state index is 13.5. The molecule has 0 radical (unpaired) electrons. The van der Waals surface area contributed by atoms with Gasteiger partial charge in [0, 0.05) is 5.56 Å². The van der Waals surface area contributed by atoms with Gasteiger partial charge in [-0.1, -0.05) is 29.8 Å². The molecule has 0 N–H and O–H groups in total. The van der Waals surface area contributed by atoms with E-state index in [9.17, 15) is 4.39 Å². The lowest BCUT2D eigenvalue weighted by atomic mass is 10.2. The van der Waals surface area contributed by atoms with E-state index in [4.69, 9.17) is 21.1 Å². The molecule has 0 spiro atoms. The first kappa shape index (κ1) is 12.7. The predicted octanol–water partition coefficient (Wildman–Crippen LogP) is 4.07. The lowest BCUT2D eigenvalue weighted by Gasteiger charge is -2.11. The lowest BCUT2D eigenvalue weighted by Crippen LogP contribution is -2.00. The van der Waals surface area contributed by atoms with Crippen LogP contribution >= 0.6 is 11.6 Å². The normalized spacial score (nSPS) is 10.2. The molecule has 4 heteroatoms. The third kappa shape index (κ3) is 2.74. The molecular formula is C14H12ClFO2. The van der Waals surface area contributed by atoms with Crippen LogP contribution in [0.1, 0.15) is 5.56 Å². The zero-order chi connectivity index (χ0) is 13.0. The van der Waals surface area contributed by atoms with Crippen LogP contribution < -0.4 is 9.47 Å². The van der Waals surface area contributed by atoms with Gasteiger partial charge in [0.2, 0.25) is 0 Å². The first-order valence-corrected chi connectivity index (χ1v) is 5.79. The summed E-state index contributed by atoms with van der Waals surface area (Å²) >= 11 is 5.92. The fraction of sp³-hybridized carbons (Fsp3) is 0.143. The zero-order valence-electron chi connectivity index (χ0n) is 9.82. The molecule has 2 nitrogen and oxygen atoms in total. The van der Waals surface area contributed by atoms with Gasteiger partial charge in [0.05, 0.1) is 12.1 Å². The lowest BCUT2D eigenvalue weighted by molar-refractivity contribution is 0.280. The SMILES string of the molecule is COc1ccccc1OCc1c(F)cccc1Cl. The quantitative estimate of drug-likeness (QED) is 0.831. The van der Waals surface area contributed by atoms with Crippen molar-refractivity contribution in [3.8, 4) is 11.5 Å². The minimum absolute atomic E-state index is 0.0614. The van der Waals surface area contributed by atoms with Crippen LogP contribution in [0.25, 0.3) is 0 Å². The molecule has 0 unspecified atom stereocenters. The Hall–Kier alpha value is -1.74. The number of ether oxygens (including phenoxy) is 2. The number of hydrogen-bond acceptors (Lipinski definition) is 2. The summed E-state index contributed by atoms with van der Waals surface area (Å²) in [6.45, 7) is 0.0614. The van der Waals surface area contributed by atoms with Gasteiger partial charge in [0.1, 0.15) is 12.4 Å². The maximum Gasteiger partial charge on any atom is 0.161 e. The Morgan fingerprint density at radius 1 is 1.06 bits per heavy atom. The molecule has 0 fully saturated rings. The molecule has 2 rings (SSSR count). The van der Waals surface area contributed by atoms with Crippen molar-refractivity contribution in [2.75, 3.05) is 7.11 Å². The highest BCUT2D eigenvalue weighted by molar-refractivity contribution is 6.31. The van der Waals surface area contributed by atoms with Crippen molar-refractivity contribution in [2.24, 2.45) is 0 Å². The average Bonchev–Trinajstić information content (AvgIpc) is 2.38. The monoisotopic (exact) mass is 266 g/mol. The Labute approximate surface area is 110 Å². The van der Waals surface area contributed by atoms with Crippen molar-refractivity contribution in [1.29, 1.82) is 0 Å². The molecule has 18 heavy (non-hydrogen) atoms. The van der Waals surface area contributed by atoms with E-state index in [2.05, 4.69) is 0 Å². The number of rotatable bonds is 4. The van der Waals surface area contributed by atoms with E-state index in [1.807, 2.05) is 12.1 Å². The summed E-state index contributed by atoms with van der Waals surface area (Å²) in [5.41, 5.74) is 0.338. The van der Waals surface area contributed by atoms with E-state index in [0.717, 1.165) is 0 Å². The Morgan fingerprint density at radius 2 is 1.78 bits per heavy atom. The zero-order valence-corrected chi connectivity index (χ0v) is 10.6. The van der Waals surface area contributed by atoms with Crippen LogP contribution in [0.2, 0.25) is 5.02 Å². The Bertz CT molecular complexity index is 523. The molecule has 0 saturated carbocycles. The number of halogens is 2. The van der Waals surface area contributed by atoms with Crippen molar-refractivity contribution in [3.05, 3.63) is 58.9 Å². The van der Waals surface area contributed by atoms with Gasteiger partial charge in [-0.2, -0.15) is 0 Å². The smallest absolute Gasteiger partial charge is 0.161 e. The van der Waals surface area contributed by atoms with Crippen LogP contribution in [0.3, 0.4) is 0 Å². The van der Waals surface area contributed by atoms with Crippen molar-refractivity contribution < 1.29 is 13.9 Å². The minimum Gasteiger partial charge on any atom is -0.493 e. The summed E-state index contributed by atoms with van der Waals surface area (Å²) in [5.74, 6) is 0.779. The molecule has 0 bridgehead atoms. The topological polar surface area (TPSA) is 18.5 Å². The molecule has 0 aliphatic carbocycles. The molecular weight excluding hydrogens is 255 g/mol. The standard InChI is InChI=1S/C14H12ClFO2/c1-17-13-7-2-3-8-14(13)18-9-10-11(15)5-4-6-12(10)16/h2-8H,9H2,1H3. The summed E-state index contributed by atoms with van der Waals surface area (Å²) in [5, 5.41) is 0.352. The highest BCUT2D eigenvalue weighted by Crippen LogP contribution is 2.28. The molecule has 0 aromatic heterocycles. The van der Waals surface area contributed by atoms with E-state index < -0.39 is 0 Å². The second-order valence-electron chi connectivity index (χ2n) is 3.64. The van der Waals surface area contributed by atoms with E-state index in [-0.39, 0.29) is 12.4 Å². The number of hydrogen-bond donors (Lipinski definition) is 0. The molecule has 0 saturated heterocycles. The largest absolute Gasteiger partial charge is 0.493 e. The Balaban J connectivity index is 2.16. The fourth-order valence-electron chi connectivity index (χ4n) is 1.56. The van der Waals surface area contributed by atoms with Crippen LogP contribution in [0.15, 0.2) is 42.5 Å². The molecule has 0 aliphatic heterocycles. The van der Waals surface area contributed by atoms with Gasteiger partial charge in [0.25, 0.3) is 0 Å². The van der Waals surface area contributed by atoms with E-state index >= 15 is 0 Å². The van der Waals surface area contributed by atoms with Crippen molar-refractivity contribution >= 4 is 11.6 Å². The second kappa shape index (κ2) is 5.74. The molecule has 94 valence electrons. The summed E-state index contributed by atoms with van der Waals surface area (Å²) in [6.07, 6.45) is 0. The fourth-order valence-corrected chi connectivity index (χ4v) is 1.78. The average molecular weight is 267 g/mol. The number of para-hydroxylation sites is 2. The third-order valence-electron chi connectivity index (χ3n) is 2.50. The molecule has 0 atom stereocenters. The molecule has 0 amide bonds. The first-order chi connectivity index (χ1) is 8.72. The van der Waals surface area contributed by atoms with Crippen LogP contribution in [-0.4, -0.2) is 7.11 Å². The summed E-state index contributed by atoms with van der Waals surface area (Å²) < 4.78 is 24.2. The highest BCUT2D eigenvalue weighted by atomic mass is 35.5. The van der Waals surface area contributed by atoms with Gasteiger partial charge < -0.3 is 9.47 Å². The van der Waals surface area contributed by atoms with Gasteiger partial charge in [-0.25, -0.2) is 4.39 Å². The minimum atomic E-state index is -0.377. The molecule has 0 aliphatic rings. The van der Waals surface area contributed by atoms with Crippen LogP contribution in [0.5, 0.6) is 11.5 Å². The summed E-state index contributed by atoms with van der Waals surface area (Å²) in [6, 6.07) is 11.7. The number of benzene rings is 2. The van der Waals surface area contributed by atoms with Gasteiger partial charge in [-0.05, 0) is 24.3 Å². The van der Waals surface area contributed by atoms with Gasteiger partial charge in [-0.15, -0.1) is 0 Å². The van der Waals surface area contributed by atoms with Crippen molar-refractivity contribution in [2.45, 2.75) is 6.61 Å². The Morgan fingerprint density at radius 3 is 2.44 bits per heavy atom. The van der Waals surface area contributed by atoms with E-state index in [1.54, 1.807) is 31.4 Å². The van der Waals surface area contributed by atoms with Gasteiger partial charge in [-0.3, -0.25) is 0 Å². The van der Waals surface area contributed by atoms with Gasteiger partial charge >= 0.3 is 0 Å². The second-order valence-corrected chi connectivity index (χ2v) is 4.05. The summed E-state index contributed by atoms with van der Waals surface area (Å²) in [7, 11) is 1.55. The van der Waals surface area contributed by atoms with Crippen LogP contribution in [-0.2, 0) is 6.61 Å². The van der Waals surface area contributed by atoms with Gasteiger partial charge in [0.15, 0.2) is 11.5 Å². The maximum absolute atomic E-state index is 13.5. The van der Waals surface area contributed by atoms with Crippen LogP contribution in [0, 0.1) is 5.82 Å². The predicted molar refractivity (Wildman–Crippen MR) is 68.7 cm³/mol. The number of methoxy groups -OCH3 is 1. The van der Waals surface area contributed by atoms with E-state index in [0.29, 0.717) is 22.1 Å². The Kier molecular flexibility index (Phi) is 4.05. The van der Waals surface area contributed by atoms with Crippen molar-refractivity contribution in [1.82, 2.24) is 0 Å². The third-order valence-corrected chi connectivity index (χ3v) is 2.86. The molecule has 2 aromatic carbocycles. The summed E-state index contributed by atoms with van der Waals surface area (Å²) in [4.78, 5) is 0. The van der Waals surface area contributed by atoms with Crippen LogP contribution in [0.4, 0.5) is 4.39 Å².